The van der Waals surface area contributed by atoms with E-state index in [4.69, 9.17) is 0 Å². The molecular weight excluding hydrogens is 254 g/mol. The molecule has 1 saturated heterocycles. The van der Waals surface area contributed by atoms with Gasteiger partial charge in [-0.15, -0.1) is 0 Å². The molecule has 1 aromatic rings. The summed E-state index contributed by atoms with van der Waals surface area (Å²) in [4.78, 5) is 25.7. The van der Waals surface area contributed by atoms with Gasteiger partial charge in [0.25, 0.3) is 5.91 Å². The minimum atomic E-state index is -0.0919. The van der Waals surface area contributed by atoms with Crippen LogP contribution < -0.4 is 10.6 Å². The predicted octanol–water partition coefficient (Wildman–Crippen LogP) is 1.47. The van der Waals surface area contributed by atoms with Crippen LogP contribution >= 0.6 is 0 Å². The summed E-state index contributed by atoms with van der Waals surface area (Å²) in [6.07, 6.45) is 1.34. The Bertz CT molecular complexity index is 502. The van der Waals surface area contributed by atoms with E-state index in [0.29, 0.717) is 18.5 Å². The van der Waals surface area contributed by atoms with Crippen molar-refractivity contribution < 1.29 is 9.59 Å². The highest BCUT2D eigenvalue weighted by Gasteiger charge is 2.26. The van der Waals surface area contributed by atoms with Crippen molar-refractivity contribution in [2.24, 2.45) is 0 Å². The number of nitrogens with one attached hydrogen (secondary N) is 2. The second-order valence-electron chi connectivity index (χ2n) is 4.95. The highest BCUT2D eigenvalue weighted by Crippen LogP contribution is 2.16. The zero-order chi connectivity index (χ0) is 14.5. The van der Waals surface area contributed by atoms with E-state index in [1.807, 2.05) is 30.0 Å². The Labute approximate surface area is 119 Å². The van der Waals surface area contributed by atoms with Crippen LogP contribution in [0, 0.1) is 0 Å². The number of anilines is 1. The third-order valence-electron chi connectivity index (χ3n) is 3.62. The Hall–Kier alpha value is -2.04. The van der Waals surface area contributed by atoms with E-state index in [0.717, 1.165) is 18.7 Å². The molecule has 5 nitrogen and oxygen atoms in total. The minimum Gasteiger partial charge on any atom is -0.387 e. The lowest BCUT2D eigenvalue weighted by Crippen LogP contribution is -2.38. The molecular formula is C15H21N3O2. The number of nitrogens with zero attached hydrogens (tertiary/aromatic N) is 1. The van der Waals surface area contributed by atoms with Gasteiger partial charge < -0.3 is 15.5 Å². The van der Waals surface area contributed by atoms with Crippen LogP contribution in [0.4, 0.5) is 5.69 Å². The number of carbonyl (C=O) groups excluding carboxylic acids is 2. The molecule has 0 spiro atoms. The fourth-order valence-electron chi connectivity index (χ4n) is 2.49. The summed E-state index contributed by atoms with van der Waals surface area (Å²) in [6, 6.07) is 7.45. The van der Waals surface area contributed by atoms with Crippen molar-refractivity contribution in [2.45, 2.75) is 25.8 Å². The number of para-hydroxylation sites is 1. The molecule has 0 aliphatic carbocycles. The van der Waals surface area contributed by atoms with Crippen molar-refractivity contribution in [3.63, 3.8) is 0 Å². The van der Waals surface area contributed by atoms with Crippen molar-refractivity contribution in [1.82, 2.24) is 10.2 Å². The number of rotatable bonds is 4. The van der Waals surface area contributed by atoms with Crippen LogP contribution in [0.25, 0.3) is 0 Å². The van der Waals surface area contributed by atoms with Crippen molar-refractivity contribution in [1.29, 1.82) is 0 Å². The Balaban J connectivity index is 1.97. The SMILES string of the molecule is CCC(=O)N1CCC(NC(=O)c2ccccc2NC)C1. The van der Waals surface area contributed by atoms with E-state index in [2.05, 4.69) is 10.6 Å². The summed E-state index contributed by atoms with van der Waals surface area (Å²) in [5.74, 6) is 0.0584. The molecule has 0 saturated carbocycles. The maximum atomic E-state index is 12.3. The molecule has 1 atom stereocenters. The maximum Gasteiger partial charge on any atom is 0.253 e. The second kappa shape index (κ2) is 6.41. The standard InChI is InChI=1S/C15H21N3O2/c1-3-14(19)18-9-8-11(10-18)17-15(20)12-6-4-5-7-13(12)16-2/h4-7,11,16H,3,8-10H2,1-2H3,(H,17,20). The quantitative estimate of drug-likeness (QED) is 0.874. The van der Waals surface area contributed by atoms with E-state index in [-0.39, 0.29) is 17.9 Å². The number of hydrogen-bond acceptors (Lipinski definition) is 3. The van der Waals surface area contributed by atoms with E-state index < -0.39 is 0 Å². The Morgan fingerprint density at radius 2 is 2.10 bits per heavy atom. The number of benzene rings is 1. The molecule has 0 bridgehead atoms. The number of likely N-dealkylation sites (tertiary alicyclic amines) is 1. The first-order valence-corrected chi connectivity index (χ1v) is 7.01. The molecule has 1 aromatic carbocycles. The van der Waals surface area contributed by atoms with Gasteiger partial charge in [-0.25, -0.2) is 0 Å². The van der Waals surface area contributed by atoms with Crippen LogP contribution in [0.15, 0.2) is 24.3 Å². The second-order valence-corrected chi connectivity index (χ2v) is 4.95. The molecule has 0 aromatic heterocycles. The van der Waals surface area contributed by atoms with Crippen molar-refractivity contribution >= 4 is 17.5 Å². The summed E-state index contributed by atoms with van der Waals surface area (Å²) in [7, 11) is 1.79. The molecule has 1 unspecified atom stereocenters. The summed E-state index contributed by atoms with van der Waals surface area (Å²) in [5.41, 5.74) is 1.44. The van der Waals surface area contributed by atoms with Crippen LogP contribution in [0.1, 0.15) is 30.1 Å². The fourth-order valence-corrected chi connectivity index (χ4v) is 2.49. The van der Waals surface area contributed by atoms with Gasteiger partial charge >= 0.3 is 0 Å². The van der Waals surface area contributed by atoms with Crippen LogP contribution in [0.5, 0.6) is 0 Å². The Morgan fingerprint density at radius 1 is 1.35 bits per heavy atom. The van der Waals surface area contributed by atoms with Crippen LogP contribution in [-0.2, 0) is 4.79 Å². The van der Waals surface area contributed by atoms with Crippen molar-refractivity contribution in [3.8, 4) is 0 Å². The third kappa shape index (κ3) is 3.10. The van der Waals surface area contributed by atoms with E-state index in [1.165, 1.54) is 0 Å². The minimum absolute atomic E-state index is 0.0444. The first kappa shape index (κ1) is 14.4. The van der Waals surface area contributed by atoms with Gasteiger partial charge in [0.2, 0.25) is 5.91 Å². The molecule has 20 heavy (non-hydrogen) atoms. The first-order valence-electron chi connectivity index (χ1n) is 7.01. The monoisotopic (exact) mass is 275 g/mol. The lowest BCUT2D eigenvalue weighted by Gasteiger charge is -2.17. The lowest BCUT2D eigenvalue weighted by molar-refractivity contribution is -0.129. The summed E-state index contributed by atoms with van der Waals surface area (Å²) in [6.45, 7) is 3.20. The molecule has 2 rings (SSSR count). The number of amides is 2. The fraction of sp³-hybridized carbons (Fsp3) is 0.467. The first-order chi connectivity index (χ1) is 9.65. The van der Waals surface area contributed by atoms with Gasteiger partial charge in [0.05, 0.1) is 5.56 Å². The van der Waals surface area contributed by atoms with Crippen LogP contribution in [-0.4, -0.2) is 42.9 Å². The van der Waals surface area contributed by atoms with Gasteiger partial charge in [0.1, 0.15) is 0 Å². The lowest BCUT2D eigenvalue weighted by atomic mass is 10.1. The molecule has 108 valence electrons. The van der Waals surface area contributed by atoms with Crippen molar-refractivity contribution in [3.05, 3.63) is 29.8 Å². The zero-order valence-corrected chi connectivity index (χ0v) is 12.0. The number of carbonyl (C=O) groups is 2. The maximum absolute atomic E-state index is 12.3. The molecule has 1 aliphatic heterocycles. The van der Waals surface area contributed by atoms with Crippen LogP contribution in [0.2, 0.25) is 0 Å². The average Bonchev–Trinajstić information content (AvgIpc) is 2.94. The molecule has 0 radical (unpaired) electrons. The van der Waals surface area contributed by atoms with E-state index in [9.17, 15) is 9.59 Å². The molecule has 5 heteroatoms. The van der Waals surface area contributed by atoms with Crippen LogP contribution in [0.3, 0.4) is 0 Å². The van der Waals surface area contributed by atoms with Crippen molar-refractivity contribution in [2.75, 3.05) is 25.5 Å². The highest BCUT2D eigenvalue weighted by atomic mass is 16.2. The topological polar surface area (TPSA) is 61.4 Å². The summed E-state index contributed by atoms with van der Waals surface area (Å²) < 4.78 is 0. The van der Waals surface area contributed by atoms with Gasteiger partial charge in [-0.05, 0) is 18.6 Å². The average molecular weight is 275 g/mol. The molecule has 2 amide bonds. The van der Waals surface area contributed by atoms with Gasteiger partial charge in [0, 0.05) is 38.3 Å². The Morgan fingerprint density at radius 3 is 2.80 bits per heavy atom. The van der Waals surface area contributed by atoms with E-state index >= 15 is 0 Å². The van der Waals surface area contributed by atoms with E-state index in [1.54, 1.807) is 13.1 Å². The molecule has 2 N–H and O–H groups in total. The Kier molecular flexibility index (Phi) is 4.61. The summed E-state index contributed by atoms with van der Waals surface area (Å²) in [5, 5.41) is 6.02. The molecule has 1 fully saturated rings. The molecule has 1 aliphatic rings. The van der Waals surface area contributed by atoms with Gasteiger partial charge in [0.15, 0.2) is 0 Å². The summed E-state index contributed by atoms with van der Waals surface area (Å²) >= 11 is 0. The van der Waals surface area contributed by atoms with Gasteiger partial charge in [-0.3, -0.25) is 9.59 Å². The molecule has 1 heterocycles. The third-order valence-corrected chi connectivity index (χ3v) is 3.62. The zero-order valence-electron chi connectivity index (χ0n) is 12.0. The highest BCUT2D eigenvalue weighted by molar-refractivity contribution is 5.99. The predicted molar refractivity (Wildman–Crippen MR) is 78.7 cm³/mol. The van der Waals surface area contributed by atoms with Gasteiger partial charge in [-0.1, -0.05) is 19.1 Å². The largest absolute Gasteiger partial charge is 0.387 e. The van der Waals surface area contributed by atoms with Gasteiger partial charge in [-0.2, -0.15) is 0 Å². The normalized spacial score (nSPS) is 17.9. The number of hydrogen-bond donors (Lipinski definition) is 2. The smallest absolute Gasteiger partial charge is 0.253 e.